The molecule has 0 unspecified atom stereocenters. The van der Waals surface area contributed by atoms with Gasteiger partial charge in [-0.05, 0) is 54.4 Å². The van der Waals surface area contributed by atoms with Crippen molar-refractivity contribution in [3.8, 4) is 5.75 Å². The maximum absolute atomic E-state index is 12.1. The molecule has 3 aromatic rings. The summed E-state index contributed by atoms with van der Waals surface area (Å²) in [5, 5.41) is 9.43. The van der Waals surface area contributed by atoms with Gasteiger partial charge in [-0.15, -0.1) is 0 Å². The van der Waals surface area contributed by atoms with E-state index in [1.807, 2.05) is 18.2 Å². The smallest absolute Gasteiger partial charge is 0.319 e. The molecule has 0 aliphatic heterocycles. The summed E-state index contributed by atoms with van der Waals surface area (Å²) in [6.07, 6.45) is 2.07. The van der Waals surface area contributed by atoms with Crippen LogP contribution in [0.3, 0.4) is 0 Å². The third kappa shape index (κ3) is 5.53. The number of nitrogens with one attached hydrogen (secondary N) is 3. The van der Waals surface area contributed by atoms with Gasteiger partial charge in [-0.3, -0.25) is 4.79 Å². The summed E-state index contributed by atoms with van der Waals surface area (Å²) < 4.78 is 7.29. The molecule has 7 heteroatoms. The van der Waals surface area contributed by atoms with E-state index in [0.29, 0.717) is 30.3 Å². The van der Waals surface area contributed by atoms with E-state index in [0.717, 1.165) is 23.1 Å². The van der Waals surface area contributed by atoms with Crippen LogP contribution in [0.4, 0.5) is 10.5 Å². The third-order valence-electron chi connectivity index (χ3n) is 4.64. The Labute approximate surface area is 176 Å². The summed E-state index contributed by atoms with van der Waals surface area (Å²) in [6, 6.07) is 14.5. The van der Waals surface area contributed by atoms with Crippen LogP contribution in [0, 0.1) is 5.92 Å². The Kier molecular flexibility index (Phi) is 6.95. The van der Waals surface area contributed by atoms with Crippen LogP contribution in [-0.4, -0.2) is 36.7 Å². The second kappa shape index (κ2) is 9.82. The van der Waals surface area contributed by atoms with E-state index < -0.39 is 0 Å². The summed E-state index contributed by atoms with van der Waals surface area (Å²) in [7, 11) is 1.58. The zero-order valence-corrected chi connectivity index (χ0v) is 17.6. The van der Waals surface area contributed by atoms with Gasteiger partial charge in [0.1, 0.15) is 5.75 Å². The monoisotopic (exact) mass is 408 g/mol. The van der Waals surface area contributed by atoms with Gasteiger partial charge in [-0.1, -0.05) is 13.8 Å². The van der Waals surface area contributed by atoms with Gasteiger partial charge < -0.3 is 25.3 Å². The van der Waals surface area contributed by atoms with Gasteiger partial charge in [-0.25, -0.2) is 4.79 Å². The first kappa shape index (κ1) is 21.2. The fraction of sp³-hybridized carbons (Fsp3) is 0.304. The van der Waals surface area contributed by atoms with Crippen molar-refractivity contribution in [3.63, 3.8) is 0 Å². The average Bonchev–Trinajstić information content (AvgIpc) is 3.12. The van der Waals surface area contributed by atoms with Crippen molar-refractivity contribution in [2.45, 2.75) is 20.4 Å². The number of carbonyl (C=O) groups is 2. The van der Waals surface area contributed by atoms with E-state index in [9.17, 15) is 9.59 Å². The molecule has 0 radical (unpaired) electrons. The summed E-state index contributed by atoms with van der Waals surface area (Å²) >= 11 is 0. The van der Waals surface area contributed by atoms with Crippen LogP contribution in [0.15, 0.2) is 54.7 Å². The van der Waals surface area contributed by atoms with Gasteiger partial charge in [0.15, 0.2) is 0 Å². The zero-order valence-electron chi connectivity index (χ0n) is 17.6. The second-order valence-corrected chi connectivity index (χ2v) is 7.50. The SMILES string of the molecule is COc1ccc(C(=O)NCCNC(=O)Nc2ccc3c(ccn3CC(C)C)c2)cc1. The molecule has 0 fully saturated rings. The van der Waals surface area contributed by atoms with E-state index in [1.54, 1.807) is 31.4 Å². The Hall–Kier alpha value is -3.48. The molecule has 158 valence electrons. The standard InChI is InChI=1S/C23H28N4O3/c1-16(2)15-27-13-10-18-14-19(6-9-21(18)27)26-23(29)25-12-11-24-22(28)17-4-7-20(30-3)8-5-17/h4-10,13-14,16H,11-12,15H2,1-3H3,(H,24,28)(H2,25,26,29). The summed E-state index contributed by atoms with van der Waals surface area (Å²) in [4.78, 5) is 24.2. The molecule has 3 rings (SSSR count). The molecule has 0 bridgehead atoms. The molecule has 0 saturated heterocycles. The number of nitrogens with zero attached hydrogens (tertiary/aromatic N) is 1. The predicted molar refractivity (Wildman–Crippen MR) is 119 cm³/mol. The van der Waals surface area contributed by atoms with Gasteiger partial charge >= 0.3 is 6.03 Å². The number of urea groups is 1. The van der Waals surface area contributed by atoms with Crippen LogP contribution in [0.2, 0.25) is 0 Å². The lowest BCUT2D eigenvalue weighted by atomic mass is 10.2. The maximum atomic E-state index is 12.1. The number of fused-ring (bicyclic) bond motifs is 1. The van der Waals surface area contributed by atoms with Crippen molar-refractivity contribution in [2.24, 2.45) is 5.92 Å². The van der Waals surface area contributed by atoms with Crippen molar-refractivity contribution < 1.29 is 14.3 Å². The molecule has 3 N–H and O–H groups in total. The van der Waals surface area contributed by atoms with E-state index in [-0.39, 0.29) is 11.9 Å². The number of hydrogen-bond donors (Lipinski definition) is 3. The minimum atomic E-state index is -0.311. The Morgan fingerprint density at radius 3 is 2.43 bits per heavy atom. The molecule has 30 heavy (non-hydrogen) atoms. The van der Waals surface area contributed by atoms with Gasteiger partial charge in [0.25, 0.3) is 5.91 Å². The van der Waals surface area contributed by atoms with Gasteiger partial charge in [0, 0.05) is 48.0 Å². The number of amides is 3. The predicted octanol–water partition coefficient (Wildman–Crippen LogP) is 3.86. The van der Waals surface area contributed by atoms with Crippen molar-refractivity contribution in [1.82, 2.24) is 15.2 Å². The largest absolute Gasteiger partial charge is 0.497 e. The van der Waals surface area contributed by atoms with Crippen LogP contribution in [0.1, 0.15) is 24.2 Å². The number of methoxy groups -OCH3 is 1. The molecule has 0 atom stereocenters. The van der Waals surface area contributed by atoms with Crippen molar-refractivity contribution >= 4 is 28.5 Å². The minimum absolute atomic E-state index is 0.198. The van der Waals surface area contributed by atoms with Crippen molar-refractivity contribution in [1.29, 1.82) is 0 Å². The number of benzene rings is 2. The molecule has 1 heterocycles. The first-order valence-corrected chi connectivity index (χ1v) is 10.0. The molecule has 0 saturated carbocycles. The molecule has 7 nitrogen and oxygen atoms in total. The highest BCUT2D eigenvalue weighted by atomic mass is 16.5. The third-order valence-corrected chi connectivity index (χ3v) is 4.64. The highest BCUT2D eigenvalue weighted by Crippen LogP contribution is 2.21. The van der Waals surface area contributed by atoms with Crippen molar-refractivity contribution in [3.05, 3.63) is 60.3 Å². The van der Waals surface area contributed by atoms with Gasteiger partial charge in [-0.2, -0.15) is 0 Å². The average molecular weight is 409 g/mol. The number of hydrogen-bond acceptors (Lipinski definition) is 3. The van der Waals surface area contributed by atoms with E-state index in [2.05, 4.69) is 46.6 Å². The number of rotatable bonds is 8. The van der Waals surface area contributed by atoms with Gasteiger partial charge in [0.05, 0.1) is 7.11 Å². The Balaban J connectivity index is 1.44. The van der Waals surface area contributed by atoms with E-state index >= 15 is 0 Å². The molecule has 0 aliphatic carbocycles. The van der Waals surface area contributed by atoms with Crippen LogP contribution in [-0.2, 0) is 6.54 Å². The first-order chi connectivity index (χ1) is 14.5. The zero-order chi connectivity index (χ0) is 21.5. The fourth-order valence-corrected chi connectivity index (χ4v) is 3.20. The van der Waals surface area contributed by atoms with Crippen molar-refractivity contribution in [2.75, 3.05) is 25.5 Å². The second-order valence-electron chi connectivity index (χ2n) is 7.50. The molecule has 3 amide bonds. The molecule has 0 aliphatic rings. The lowest BCUT2D eigenvalue weighted by Gasteiger charge is -2.10. The topological polar surface area (TPSA) is 84.4 Å². The number of anilines is 1. The summed E-state index contributed by atoms with van der Waals surface area (Å²) in [5.41, 5.74) is 2.42. The van der Waals surface area contributed by atoms with Crippen LogP contribution in [0.5, 0.6) is 5.75 Å². The molecule has 1 aromatic heterocycles. The van der Waals surface area contributed by atoms with E-state index in [1.165, 1.54) is 0 Å². The molecule has 2 aromatic carbocycles. The number of carbonyl (C=O) groups excluding carboxylic acids is 2. The first-order valence-electron chi connectivity index (χ1n) is 10.0. The van der Waals surface area contributed by atoms with Crippen LogP contribution >= 0.6 is 0 Å². The van der Waals surface area contributed by atoms with E-state index in [4.69, 9.17) is 4.74 Å². The minimum Gasteiger partial charge on any atom is -0.497 e. The summed E-state index contributed by atoms with van der Waals surface area (Å²) in [5.74, 6) is 1.06. The Bertz CT molecular complexity index is 1010. The Morgan fingerprint density at radius 2 is 1.73 bits per heavy atom. The fourth-order valence-electron chi connectivity index (χ4n) is 3.20. The highest BCUT2D eigenvalue weighted by molar-refractivity contribution is 5.94. The quantitative estimate of drug-likeness (QED) is 0.495. The lowest BCUT2D eigenvalue weighted by molar-refractivity contribution is 0.0954. The van der Waals surface area contributed by atoms with Gasteiger partial charge in [0.2, 0.25) is 0 Å². The number of ether oxygens (including phenoxy) is 1. The molecule has 0 spiro atoms. The lowest BCUT2D eigenvalue weighted by Crippen LogP contribution is -2.36. The highest BCUT2D eigenvalue weighted by Gasteiger charge is 2.07. The molecular weight excluding hydrogens is 380 g/mol. The normalized spacial score (nSPS) is 10.8. The summed E-state index contributed by atoms with van der Waals surface area (Å²) in [6.45, 7) is 5.98. The number of aromatic nitrogens is 1. The molecular formula is C23H28N4O3. The van der Waals surface area contributed by atoms with Crippen LogP contribution in [0.25, 0.3) is 10.9 Å². The maximum Gasteiger partial charge on any atom is 0.319 e. The van der Waals surface area contributed by atoms with Crippen LogP contribution < -0.4 is 20.7 Å². The Morgan fingerprint density at radius 1 is 1.00 bits per heavy atom.